The van der Waals surface area contributed by atoms with Crippen LogP contribution in [0.5, 0.6) is 5.75 Å². The normalized spacial score (nSPS) is 15.8. The van der Waals surface area contributed by atoms with Gasteiger partial charge in [-0.05, 0) is 56.8 Å². The third kappa shape index (κ3) is 9.15. The number of aliphatic hydroxyl groups excluding tert-OH is 1. The molecule has 28 heavy (non-hydrogen) atoms. The number of halogens is 2. The summed E-state index contributed by atoms with van der Waals surface area (Å²) in [4.78, 5) is 7.07. The SMILES string of the molecule is CCNC(=NCCCN1CCC(O)CC1)NCCc1ccc(OC)cc1Cl.I. The van der Waals surface area contributed by atoms with Gasteiger partial charge in [-0.2, -0.15) is 0 Å². The van der Waals surface area contributed by atoms with Crippen LogP contribution >= 0.6 is 35.6 Å². The summed E-state index contributed by atoms with van der Waals surface area (Å²) in [7, 11) is 1.64. The molecule has 8 heteroatoms. The van der Waals surface area contributed by atoms with Gasteiger partial charge in [-0.15, -0.1) is 24.0 Å². The van der Waals surface area contributed by atoms with Crippen LogP contribution in [0.4, 0.5) is 0 Å². The number of rotatable bonds is 9. The highest BCUT2D eigenvalue weighted by Gasteiger charge is 2.15. The summed E-state index contributed by atoms with van der Waals surface area (Å²) in [6, 6.07) is 5.78. The van der Waals surface area contributed by atoms with Crippen LogP contribution in [0.2, 0.25) is 5.02 Å². The fourth-order valence-electron chi connectivity index (χ4n) is 3.14. The Kier molecular flexibility index (Phi) is 12.9. The van der Waals surface area contributed by atoms with Crippen molar-refractivity contribution in [2.24, 2.45) is 4.99 Å². The van der Waals surface area contributed by atoms with Crippen molar-refractivity contribution in [3.8, 4) is 5.75 Å². The Balaban J connectivity index is 0.00000392. The highest BCUT2D eigenvalue weighted by atomic mass is 127. The smallest absolute Gasteiger partial charge is 0.191 e. The lowest BCUT2D eigenvalue weighted by Crippen LogP contribution is -2.39. The Labute approximate surface area is 191 Å². The zero-order valence-corrected chi connectivity index (χ0v) is 20.0. The summed E-state index contributed by atoms with van der Waals surface area (Å²) in [5, 5.41) is 16.9. The molecule has 1 aliphatic rings. The molecule has 0 radical (unpaired) electrons. The Morgan fingerprint density at radius 1 is 1.32 bits per heavy atom. The van der Waals surface area contributed by atoms with E-state index >= 15 is 0 Å². The second-order valence-corrected chi connectivity index (χ2v) is 7.23. The molecule has 0 aromatic heterocycles. The summed E-state index contributed by atoms with van der Waals surface area (Å²) >= 11 is 6.30. The molecule has 1 aromatic rings. The van der Waals surface area contributed by atoms with Gasteiger partial charge in [0.1, 0.15) is 5.75 Å². The van der Waals surface area contributed by atoms with Gasteiger partial charge in [0, 0.05) is 37.7 Å². The van der Waals surface area contributed by atoms with Crippen molar-refractivity contribution < 1.29 is 9.84 Å². The van der Waals surface area contributed by atoms with Gasteiger partial charge in [-0.3, -0.25) is 4.99 Å². The van der Waals surface area contributed by atoms with Gasteiger partial charge in [0.2, 0.25) is 0 Å². The van der Waals surface area contributed by atoms with E-state index in [4.69, 9.17) is 16.3 Å². The number of piperidine rings is 1. The molecular formula is C20H34ClIN4O2. The van der Waals surface area contributed by atoms with Crippen molar-refractivity contribution >= 4 is 41.5 Å². The van der Waals surface area contributed by atoms with E-state index in [1.54, 1.807) is 7.11 Å². The highest BCUT2D eigenvalue weighted by molar-refractivity contribution is 14.0. The predicted molar refractivity (Wildman–Crippen MR) is 127 cm³/mol. The van der Waals surface area contributed by atoms with Crippen LogP contribution in [0.25, 0.3) is 0 Å². The number of hydrogen-bond donors (Lipinski definition) is 3. The number of guanidine groups is 1. The van der Waals surface area contributed by atoms with Crippen molar-refractivity contribution in [2.45, 2.75) is 38.7 Å². The standard InChI is InChI=1S/C20H33ClN4O2.HI/c1-3-22-20(23-10-4-12-25-13-8-17(26)9-14-25)24-11-7-16-5-6-18(27-2)15-19(16)21;/h5-6,15,17,26H,3-4,7-14H2,1-2H3,(H2,22,23,24);1H. The maximum absolute atomic E-state index is 9.56. The first-order chi connectivity index (χ1) is 13.1. The van der Waals surface area contributed by atoms with Crippen LogP contribution in [-0.2, 0) is 6.42 Å². The number of likely N-dealkylation sites (tertiary alicyclic amines) is 1. The fourth-order valence-corrected chi connectivity index (χ4v) is 3.41. The highest BCUT2D eigenvalue weighted by Crippen LogP contribution is 2.22. The van der Waals surface area contributed by atoms with Gasteiger partial charge in [0.15, 0.2) is 5.96 Å². The largest absolute Gasteiger partial charge is 0.497 e. The van der Waals surface area contributed by atoms with E-state index in [2.05, 4.69) is 27.4 Å². The minimum absolute atomic E-state index is 0. The van der Waals surface area contributed by atoms with Gasteiger partial charge in [-0.1, -0.05) is 17.7 Å². The maximum Gasteiger partial charge on any atom is 0.191 e. The Morgan fingerprint density at radius 3 is 2.71 bits per heavy atom. The lowest BCUT2D eigenvalue weighted by molar-refractivity contribution is 0.0824. The second-order valence-electron chi connectivity index (χ2n) is 6.82. The summed E-state index contributed by atoms with van der Waals surface area (Å²) in [5.41, 5.74) is 1.09. The Hall–Kier alpha value is -0.770. The van der Waals surface area contributed by atoms with Crippen molar-refractivity contribution in [3.63, 3.8) is 0 Å². The minimum Gasteiger partial charge on any atom is -0.497 e. The molecule has 2 rings (SSSR count). The molecule has 3 N–H and O–H groups in total. The number of methoxy groups -OCH3 is 1. The first kappa shape index (κ1) is 25.3. The summed E-state index contributed by atoms with van der Waals surface area (Å²) in [6.07, 6.45) is 3.52. The number of nitrogens with zero attached hydrogens (tertiary/aromatic N) is 2. The molecule has 1 aromatic carbocycles. The van der Waals surface area contributed by atoms with Gasteiger partial charge in [0.25, 0.3) is 0 Å². The summed E-state index contributed by atoms with van der Waals surface area (Å²) < 4.78 is 5.18. The van der Waals surface area contributed by atoms with Crippen molar-refractivity contribution in [1.82, 2.24) is 15.5 Å². The van der Waals surface area contributed by atoms with Crippen LogP contribution in [0.1, 0.15) is 31.7 Å². The minimum atomic E-state index is -0.108. The van der Waals surface area contributed by atoms with E-state index in [9.17, 15) is 5.11 Å². The van der Waals surface area contributed by atoms with Crippen molar-refractivity contribution in [1.29, 1.82) is 0 Å². The van der Waals surface area contributed by atoms with E-state index in [-0.39, 0.29) is 30.1 Å². The number of ether oxygens (including phenoxy) is 1. The second kappa shape index (κ2) is 14.3. The number of nitrogens with one attached hydrogen (secondary N) is 2. The van der Waals surface area contributed by atoms with E-state index in [0.717, 1.165) is 87.2 Å². The lowest BCUT2D eigenvalue weighted by Gasteiger charge is -2.29. The average Bonchev–Trinajstić information content (AvgIpc) is 2.67. The van der Waals surface area contributed by atoms with E-state index in [1.165, 1.54) is 0 Å². The third-order valence-corrected chi connectivity index (χ3v) is 5.10. The zero-order valence-electron chi connectivity index (χ0n) is 16.9. The molecule has 0 spiro atoms. The number of aliphatic hydroxyl groups is 1. The van der Waals surface area contributed by atoms with E-state index in [0.29, 0.717) is 0 Å². The summed E-state index contributed by atoms with van der Waals surface area (Å²) in [6.45, 7) is 7.48. The Morgan fingerprint density at radius 2 is 2.07 bits per heavy atom. The zero-order chi connectivity index (χ0) is 19.5. The van der Waals surface area contributed by atoms with Gasteiger partial charge in [-0.25, -0.2) is 0 Å². The first-order valence-electron chi connectivity index (χ1n) is 9.87. The van der Waals surface area contributed by atoms with Gasteiger partial charge >= 0.3 is 0 Å². The molecule has 0 aliphatic carbocycles. The Bertz CT molecular complexity index is 596. The van der Waals surface area contributed by atoms with Crippen LogP contribution in [0.3, 0.4) is 0 Å². The number of hydrogen-bond acceptors (Lipinski definition) is 4. The molecule has 0 bridgehead atoms. The monoisotopic (exact) mass is 524 g/mol. The third-order valence-electron chi connectivity index (χ3n) is 4.75. The van der Waals surface area contributed by atoms with Gasteiger partial charge in [0.05, 0.1) is 13.2 Å². The molecule has 1 aliphatic heterocycles. The molecule has 6 nitrogen and oxygen atoms in total. The lowest BCUT2D eigenvalue weighted by atomic mass is 10.1. The molecule has 0 saturated carbocycles. The maximum atomic E-state index is 9.56. The number of aliphatic imine (C=N–C) groups is 1. The molecule has 0 amide bonds. The van der Waals surface area contributed by atoms with Crippen LogP contribution in [0, 0.1) is 0 Å². The van der Waals surface area contributed by atoms with E-state index < -0.39 is 0 Å². The predicted octanol–water partition coefficient (Wildman–Crippen LogP) is 2.91. The van der Waals surface area contributed by atoms with Crippen LogP contribution < -0.4 is 15.4 Å². The van der Waals surface area contributed by atoms with Gasteiger partial charge < -0.3 is 25.4 Å². The molecule has 1 fully saturated rings. The molecule has 160 valence electrons. The van der Waals surface area contributed by atoms with Crippen LogP contribution in [-0.4, -0.2) is 68.4 Å². The molecule has 0 unspecified atom stereocenters. The molecular weight excluding hydrogens is 491 g/mol. The van der Waals surface area contributed by atoms with Crippen molar-refractivity contribution in [2.75, 3.05) is 46.4 Å². The van der Waals surface area contributed by atoms with E-state index in [1.807, 2.05) is 18.2 Å². The molecule has 0 atom stereocenters. The first-order valence-corrected chi connectivity index (χ1v) is 10.2. The topological polar surface area (TPSA) is 69.1 Å². The average molecular weight is 525 g/mol. The van der Waals surface area contributed by atoms with Crippen molar-refractivity contribution in [3.05, 3.63) is 28.8 Å². The quantitative estimate of drug-likeness (QED) is 0.201. The molecule has 1 heterocycles. The van der Waals surface area contributed by atoms with Crippen LogP contribution in [0.15, 0.2) is 23.2 Å². The number of benzene rings is 1. The molecule has 1 saturated heterocycles. The summed E-state index contributed by atoms with van der Waals surface area (Å²) in [5.74, 6) is 1.62. The fraction of sp³-hybridized carbons (Fsp3) is 0.650.